The Morgan fingerprint density at radius 1 is 0.445 bits per heavy atom. The van der Waals surface area contributed by atoms with Gasteiger partial charge in [-0.15, -0.1) is 0 Å². The molecule has 0 aliphatic carbocycles. The quantitative estimate of drug-likeness (QED) is 0.0126. The predicted octanol–water partition coefficient (Wildman–Crippen LogP) is 8.37. The monoisotopic (exact) mass is 1750 g/mol. The van der Waals surface area contributed by atoms with E-state index in [1.54, 1.807) is 48.5 Å². The molecule has 37 nitrogen and oxygen atoms in total. The topological polar surface area (TPSA) is 492 Å². The predicted molar refractivity (Wildman–Crippen MR) is 474 cm³/mol. The van der Waals surface area contributed by atoms with Crippen LogP contribution in [0.4, 0.5) is 32.0 Å². The van der Waals surface area contributed by atoms with Crippen molar-refractivity contribution in [3.8, 4) is 0 Å². The van der Waals surface area contributed by atoms with E-state index in [1.165, 1.54) is 50.2 Å². The number of anilines is 3. The molecule has 0 radical (unpaired) electrons. The van der Waals surface area contributed by atoms with Crippen molar-refractivity contribution in [2.45, 2.75) is 124 Å². The maximum Gasteiger partial charge on any atom is 0.414 e. The minimum absolute atomic E-state index is 0.00833. The number of aromatic nitrogens is 10. The fourth-order valence-electron chi connectivity index (χ4n) is 14.7. The second-order valence-corrected chi connectivity index (χ2v) is 31.0. The van der Waals surface area contributed by atoms with Crippen LogP contribution in [-0.4, -0.2) is 198 Å². The molecule has 6 amide bonds. The fraction of sp³-hybridized carbons (Fsp3) is 0.352. The van der Waals surface area contributed by atoms with E-state index >= 15 is 0 Å². The molecule has 128 heavy (non-hydrogen) atoms. The number of rotatable bonds is 51. The van der Waals surface area contributed by atoms with Gasteiger partial charge in [0.15, 0.2) is 28.1 Å². The van der Waals surface area contributed by atoms with Crippen LogP contribution in [0.5, 0.6) is 0 Å². The SMILES string of the molecule is CC(Cc1ccc(CNCCN(CC(=O)O)C(=O)Cn2cnc3c(NC(=O)OCc4ccccc4)ncnc32)cc1)C(Cc1ccc(CNCCN(CC(=O)O)C(=O)Cn2ccc(NC(=O)OCc3ccccc3)nc2=O)cc1)C(CCCCCCCN)Cc1ccc(CNCCN(CC(=O)O)C(=O)Cn2cnc3c(=O)[nH]c(NC(=O)OCc4ccccc4)nc32)cc1. The number of fused-ring (bicyclic) bond motifs is 2. The average Bonchev–Trinajstić information content (AvgIpc) is 1.66. The molecule has 0 fully saturated rings. The van der Waals surface area contributed by atoms with Crippen LogP contribution in [-0.2, 0) is 121 Å². The molecular weight excluding hydrogens is 1650 g/mol. The molecule has 0 saturated heterocycles. The molecule has 11 aromatic rings. The number of carbonyl (C=O) groups is 9. The summed E-state index contributed by atoms with van der Waals surface area (Å²) in [5.41, 5.74) is 13.3. The Bertz CT molecular complexity index is 5630. The molecule has 3 atom stereocenters. The Hall–Kier alpha value is -14.4. The summed E-state index contributed by atoms with van der Waals surface area (Å²) < 4.78 is 19.6. The summed E-state index contributed by atoms with van der Waals surface area (Å²) in [6, 6.07) is 53.6. The number of ether oxygens (including phenoxy) is 3. The lowest BCUT2D eigenvalue weighted by Crippen LogP contribution is -2.43. The molecule has 0 aliphatic heterocycles. The van der Waals surface area contributed by atoms with Crippen molar-refractivity contribution < 1.29 is 72.7 Å². The number of aliphatic carboxylic acids is 3. The fourth-order valence-corrected chi connectivity index (χ4v) is 14.7. The second kappa shape index (κ2) is 48.7. The zero-order valence-corrected chi connectivity index (χ0v) is 71.0. The van der Waals surface area contributed by atoms with Crippen molar-refractivity contribution in [1.29, 1.82) is 0 Å². The zero-order chi connectivity index (χ0) is 90.5. The van der Waals surface area contributed by atoms with E-state index < -0.39 is 97.9 Å². The first kappa shape index (κ1) is 94.3. The Labute approximate surface area is 736 Å². The van der Waals surface area contributed by atoms with Crippen LogP contribution < -0.4 is 48.9 Å². The number of imidazole rings is 2. The molecule has 0 spiro atoms. The highest BCUT2D eigenvalue weighted by Gasteiger charge is 2.30. The van der Waals surface area contributed by atoms with Crippen LogP contribution >= 0.6 is 0 Å². The number of carboxylic acids is 3. The highest BCUT2D eigenvalue weighted by molar-refractivity contribution is 5.94. The van der Waals surface area contributed by atoms with E-state index in [9.17, 15) is 68.1 Å². The van der Waals surface area contributed by atoms with Gasteiger partial charge in [0.1, 0.15) is 71.2 Å². The van der Waals surface area contributed by atoms with Crippen LogP contribution in [0, 0.1) is 17.8 Å². The lowest BCUT2D eigenvalue weighted by atomic mass is 9.72. The molecule has 11 rings (SSSR count). The van der Waals surface area contributed by atoms with Gasteiger partial charge in [-0.3, -0.25) is 59.1 Å². The summed E-state index contributed by atoms with van der Waals surface area (Å²) in [5, 5.41) is 47.1. The molecule has 37 heteroatoms. The number of nitrogens with zero attached hydrogens (tertiary/aromatic N) is 12. The van der Waals surface area contributed by atoms with Crippen LogP contribution in [0.15, 0.2) is 205 Å². The van der Waals surface area contributed by atoms with Crippen molar-refractivity contribution in [2.75, 3.05) is 81.4 Å². The highest BCUT2D eigenvalue weighted by atomic mass is 16.6. The number of hydrogen-bond acceptors (Lipinski definition) is 24. The van der Waals surface area contributed by atoms with Crippen molar-refractivity contribution in [2.24, 2.45) is 23.5 Å². The molecule has 5 heterocycles. The summed E-state index contributed by atoms with van der Waals surface area (Å²) in [7, 11) is 0. The van der Waals surface area contributed by atoms with E-state index in [4.69, 9.17) is 19.9 Å². The van der Waals surface area contributed by atoms with Crippen molar-refractivity contribution in [3.05, 3.63) is 266 Å². The van der Waals surface area contributed by atoms with E-state index in [0.717, 1.165) is 117 Å². The number of benzene rings is 6. The summed E-state index contributed by atoms with van der Waals surface area (Å²) >= 11 is 0. The van der Waals surface area contributed by atoms with Gasteiger partial charge in [-0.1, -0.05) is 196 Å². The van der Waals surface area contributed by atoms with Gasteiger partial charge in [-0.2, -0.15) is 9.97 Å². The minimum Gasteiger partial charge on any atom is -0.480 e. The number of aromatic amines is 1. The third kappa shape index (κ3) is 30.2. The maximum absolute atomic E-state index is 13.9. The number of H-pyrrole nitrogens is 1. The number of unbranched alkanes of at least 4 members (excludes halogenated alkanes) is 4. The van der Waals surface area contributed by atoms with E-state index in [-0.39, 0.29) is 123 Å². The van der Waals surface area contributed by atoms with Gasteiger partial charge in [0, 0.05) is 65.1 Å². The van der Waals surface area contributed by atoms with Gasteiger partial charge in [0.25, 0.3) is 5.56 Å². The smallest absolute Gasteiger partial charge is 0.414 e. The molecule has 0 saturated carbocycles. The second-order valence-electron chi connectivity index (χ2n) is 31.0. The van der Waals surface area contributed by atoms with Crippen LogP contribution in [0.3, 0.4) is 0 Å². The molecule has 5 aromatic heterocycles. The third-order valence-corrected chi connectivity index (χ3v) is 21.4. The van der Waals surface area contributed by atoms with Crippen LogP contribution in [0.1, 0.15) is 95.5 Å². The Morgan fingerprint density at radius 2 is 0.867 bits per heavy atom. The van der Waals surface area contributed by atoms with E-state index in [0.29, 0.717) is 26.2 Å². The molecule has 0 bridgehead atoms. The summed E-state index contributed by atoms with van der Waals surface area (Å²) in [4.78, 5) is 173. The minimum atomic E-state index is -1.24. The average molecular weight is 1750 g/mol. The third-order valence-electron chi connectivity index (χ3n) is 21.4. The van der Waals surface area contributed by atoms with E-state index in [2.05, 4.69) is 147 Å². The Kier molecular flexibility index (Phi) is 35.9. The number of nitrogens with one attached hydrogen (secondary N) is 7. The van der Waals surface area contributed by atoms with Crippen molar-refractivity contribution >= 4 is 93.8 Å². The van der Waals surface area contributed by atoms with Crippen molar-refractivity contribution in [1.82, 2.24) is 79.2 Å². The lowest BCUT2D eigenvalue weighted by molar-refractivity contribution is -0.144. The highest BCUT2D eigenvalue weighted by Crippen LogP contribution is 2.35. The first-order valence-corrected chi connectivity index (χ1v) is 42.2. The zero-order valence-electron chi connectivity index (χ0n) is 71.0. The summed E-state index contributed by atoms with van der Waals surface area (Å²) in [6.07, 6.45) is 10.9. The maximum atomic E-state index is 13.9. The van der Waals surface area contributed by atoms with Crippen LogP contribution in [0.25, 0.3) is 22.3 Å². The van der Waals surface area contributed by atoms with Gasteiger partial charge in [-0.25, -0.2) is 39.1 Å². The Balaban J connectivity index is 0.728. The molecule has 3 unspecified atom stereocenters. The van der Waals surface area contributed by atoms with Gasteiger partial charge < -0.3 is 75.0 Å². The van der Waals surface area contributed by atoms with Gasteiger partial charge in [0.05, 0.1) is 12.7 Å². The molecule has 0 aliphatic rings. The number of carboxylic acid groups (broad SMARTS) is 3. The summed E-state index contributed by atoms with van der Waals surface area (Å²) in [5.74, 6) is -5.12. The standard InChI is InChI=1S/C91H106N20O17/c1-62(44-63-23-29-66(30-24-63)47-94-38-42-107(54-79(117)118)76(113)51-110-60-98-81-83(96-59-97-84(81)110)102-90(124)127-57-70-18-10-6-11-19-70)73(46-65-27-33-68(34-28-65)49-93-37-41-106(53-78(115)116)75(112)50-109-40-35-74(100-88(109)122)101-89(123)126-56-69-16-8-5-9-17-69)72(22-14-3-2-4-15-36-92)45-64-25-31-67(32-26-64)48-95-39-43-108(55-80(119)120)77(114)52-111-61-99-82-85(111)103-87(104-86(82)121)105-91(125)128-58-71-20-12-7-13-21-71/h5-13,16-21,23-35,40,59-62,72-73,93-95H,2-4,14-15,22,36-39,41-58,92H2,1H3,(H,115,116)(H,117,118)(H,119,120)(H,96,97,102,124)(H,100,101,122,123)(H2,103,104,105,121,125). The normalized spacial score (nSPS) is 11.9. The molecule has 12 N–H and O–H groups in total. The first-order valence-electron chi connectivity index (χ1n) is 42.2. The number of hydrogen-bond donors (Lipinski definition) is 11. The summed E-state index contributed by atoms with van der Waals surface area (Å²) in [6.45, 7) is 1.96. The van der Waals surface area contributed by atoms with Crippen molar-refractivity contribution in [3.63, 3.8) is 0 Å². The number of carbonyl (C=O) groups excluding carboxylic acids is 6. The molecular formula is C91H106N20O17. The largest absolute Gasteiger partial charge is 0.480 e. The van der Waals surface area contributed by atoms with Crippen LogP contribution in [0.2, 0.25) is 0 Å². The molecule has 6 aromatic carbocycles. The van der Waals surface area contributed by atoms with Gasteiger partial charge >= 0.3 is 41.9 Å². The Morgan fingerprint density at radius 3 is 1.34 bits per heavy atom. The molecule has 672 valence electrons. The van der Waals surface area contributed by atoms with Gasteiger partial charge in [0.2, 0.25) is 23.7 Å². The number of nitrogens with two attached hydrogens (primary N) is 1. The number of amides is 6. The first-order chi connectivity index (χ1) is 62.0. The van der Waals surface area contributed by atoms with E-state index in [1.807, 2.05) is 42.5 Å². The van der Waals surface area contributed by atoms with Gasteiger partial charge in [-0.05, 0) is 113 Å². The lowest BCUT2D eigenvalue weighted by Gasteiger charge is -2.33.